The maximum Gasteiger partial charge on any atom is 0.416 e. The fraction of sp³-hybridized carbons (Fsp3) is 0.250. The molecule has 3 rings (SSSR count). The van der Waals surface area contributed by atoms with Crippen molar-refractivity contribution < 1.29 is 17.9 Å². The lowest BCUT2D eigenvalue weighted by Crippen LogP contribution is -2.05. The molecule has 0 radical (unpaired) electrons. The summed E-state index contributed by atoms with van der Waals surface area (Å²) in [5.74, 6) is 0.587. The SMILES string of the molecule is Cc1cccc(-c2cc(C(F)(F)F)cc3c2OCC3)c1. The second-order valence-electron chi connectivity index (χ2n) is 4.98. The molecule has 20 heavy (non-hydrogen) atoms. The predicted octanol–water partition coefficient (Wildman–Crippen LogP) is 4.62. The number of alkyl halides is 3. The summed E-state index contributed by atoms with van der Waals surface area (Å²) in [6, 6.07) is 9.81. The lowest BCUT2D eigenvalue weighted by Gasteiger charge is -2.13. The Morgan fingerprint density at radius 3 is 2.60 bits per heavy atom. The summed E-state index contributed by atoms with van der Waals surface area (Å²) in [6.07, 6.45) is -3.81. The van der Waals surface area contributed by atoms with E-state index in [2.05, 4.69) is 0 Å². The maximum atomic E-state index is 13.0. The molecular formula is C16H13F3O. The number of halogens is 3. The van der Waals surface area contributed by atoms with Gasteiger partial charge in [0.1, 0.15) is 5.75 Å². The van der Waals surface area contributed by atoms with Gasteiger partial charge in [-0.15, -0.1) is 0 Å². The van der Waals surface area contributed by atoms with Crippen molar-refractivity contribution >= 4 is 0 Å². The van der Waals surface area contributed by atoms with Gasteiger partial charge in [0.05, 0.1) is 12.2 Å². The number of rotatable bonds is 1. The smallest absolute Gasteiger partial charge is 0.416 e. The van der Waals surface area contributed by atoms with Gasteiger partial charge in [-0.2, -0.15) is 13.2 Å². The molecule has 2 aromatic rings. The van der Waals surface area contributed by atoms with Gasteiger partial charge in [-0.3, -0.25) is 0 Å². The largest absolute Gasteiger partial charge is 0.492 e. The number of ether oxygens (including phenoxy) is 1. The highest BCUT2D eigenvalue weighted by atomic mass is 19.4. The molecule has 0 N–H and O–H groups in total. The summed E-state index contributed by atoms with van der Waals surface area (Å²) < 4.78 is 44.5. The van der Waals surface area contributed by atoms with Crippen LogP contribution < -0.4 is 4.74 Å². The van der Waals surface area contributed by atoms with Crippen LogP contribution in [0.5, 0.6) is 5.75 Å². The number of fused-ring (bicyclic) bond motifs is 1. The summed E-state index contributed by atoms with van der Waals surface area (Å²) >= 11 is 0. The highest BCUT2D eigenvalue weighted by Gasteiger charge is 2.33. The Hall–Kier alpha value is -1.97. The van der Waals surface area contributed by atoms with Crippen LogP contribution in [0, 0.1) is 6.92 Å². The third kappa shape index (κ3) is 2.26. The van der Waals surface area contributed by atoms with Gasteiger partial charge in [0.2, 0.25) is 0 Å². The molecule has 0 unspecified atom stereocenters. The van der Waals surface area contributed by atoms with Crippen molar-refractivity contribution in [1.82, 2.24) is 0 Å². The maximum absolute atomic E-state index is 13.0. The molecule has 1 heterocycles. The standard InChI is InChI=1S/C16H13F3O/c1-10-3-2-4-11(7-10)14-9-13(16(17,18)19)8-12-5-6-20-15(12)14/h2-4,7-9H,5-6H2,1H3. The van der Waals surface area contributed by atoms with Crippen LogP contribution in [-0.4, -0.2) is 6.61 Å². The van der Waals surface area contributed by atoms with Crippen LogP contribution >= 0.6 is 0 Å². The van der Waals surface area contributed by atoms with Gasteiger partial charge in [0.25, 0.3) is 0 Å². The fourth-order valence-electron chi connectivity index (χ4n) is 2.50. The van der Waals surface area contributed by atoms with Gasteiger partial charge in [-0.1, -0.05) is 29.8 Å². The molecule has 1 aliphatic rings. The summed E-state index contributed by atoms with van der Waals surface area (Å²) in [7, 11) is 0. The first-order valence-electron chi connectivity index (χ1n) is 6.39. The number of aryl methyl sites for hydroxylation is 1. The van der Waals surface area contributed by atoms with Crippen molar-refractivity contribution in [2.45, 2.75) is 19.5 Å². The molecule has 2 aromatic carbocycles. The second-order valence-corrected chi connectivity index (χ2v) is 4.98. The van der Waals surface area contributed by atoms with Crippen molar-refractivity contribution in [3.63, 3.8) is 0 Å². The van der Waals surface area contributed by atoms with E-state index in [1.54, 1.807) is 0 Å². The van der Waals surface area contributed by atoms with E-state index >= 15 is 0 Å². The van der Waals surface area contributed by atoms with Crippen LogP contribution in [0.25, 0.3) is 11.1 Å². The molecule has 0 spiro atoms. The number of hydrogen-bond acceptors (Lipinski definition) is 1. The van der Waals surface area contributed by atoms with Crippen LogP contribution in [0.15, 0.2) is 36.4 Å². The van der Waals surface area contributed by atoms with Gasteiger partial charge in [-0.25, -0.2) is 0 Å². The van der Waals surface area contributed by atoms with E-state index in [0.29, 0.717) is 29.9 Å². The molecule has 0 bridgehead atoms. The molecule has 0 saturated heterocycles. The highest BCUT2D eigenvalue weighted by Crippen LogP contribution is 2.42. The molecule has 0 saturated carbocycles. The summed E-state index contributed by atoms with van der Waals surface area (Å²) in [5.41, 5.74) is 2.31. The zero-order chi connectivity index (χ0) is 14.3. The third-order valence-electron chi connectivity index (χ3n) is 3.44. The van der Waals surface area contributed by atoms with Crippen LogP contribution in [0.2, 0.25) is 0 Å². The number of benzene rings is 2. The van der Waals surface area contributed by atoms with E-state index in [0.717, 1.165) is 11.1 Å². The fourth-order valence-corrected chi connectivity index (χ4v) is 2.50. The quantitative estimate of drug-likeness (QED) is 0.739. The highest BCUT2D eigenvalue weighted by molar-refractivity contribution is 5.74. The Labute approximate surface area is 115 Å². The monoisotopic (exact) mass is 278 g/mol. The Morgan fingerprint density at radius 1 is 1.10 bits per heavy atom. The normalized spacial score (nSPS) is 14.0. The first kappa shape index (κ1) is 13.0. The molecule has 0 amide bonds. The van der Waals surface area contributed by atoms with Crippen molar-refractivity contribution in [1.29, 1.82) is 0 Å². The van der Waals surface area contributed by atoms with Crippen molar-refractivity contribution in [3.05, 3.63) is 53.1 Å². The minimum absolute atomic E-state index is 0.440. The van der Waals surface area contributed by atoms with E-state index in [4.69, 9.17) is 4.74 Å². The van der Waals surface area contributed by atoms with E-state index in [1.807, 2.05) is 31.2 Å². The Bertz CT molecular complexity index is 659. The van der Waals surface area contributed by atoms with Crippen LogP contribution in [0.1, 0.15) is 16.7 Å². The van der Waals surface area contributed by atoms with Gasteiger partial charge in [0.15, 0.2) is 0 Å². The summed E-state index contributed by atoms with van der Waals surface area (Å²) in [6.45, 7) is 2.35. The van der Waals surface area contributed by atoms with E-state index in [-0.39, 0.29) is 0 Å². The second kappa shape index (κ2) is 4.54. The van der Waals surface area contributed by atoms with Crippen molar-refractivity contribution in [2.75, 3.05) is 6.61 Å². The van der Waals surface area contributed by atoms with Crippen molar-refractivity contribution in [3.8, 4) is 16.9 Å². The number of hydrogen-bond donors (Lipinski definition) is 0. The summed E-state index contributed by atoms with van der Waals surface area (Å²) in [5, 5.41) is 0. The van der Waals surface area contributed by atoms with E-state index in [9.17, 15) is 13.2 Å². The minimum Gasteiger partial charge on any atom is -0.492 e. The first-order valence-corrected chi connectivity index (χ1v) is 6.39. The molecule has 1 nitrogen and oxygen atoms in total. The Kier molecular flexibility index (Phi) is 2.96. The average Bonchev–Trinajstić information content (AvgIpc) is 2.84. The van der Waals surface area contributed by atoms with Gasteiger partial charge < -0.3 is 4.74 Å². The lowest BCUT2D eigenvalue weighted by molar-refractivity contribution is -0.137. The molecule has 0 atom stereocenters. The molecule has 104 valence electrons. The topological polar surface area (TPSA) is 9.23 Å². The molecule has 0 aliphatic carbocycles. The van der Waals surface area contributed by atoms with Crippen LogP contribution in [-0.2, 0) is 12.6 Å². The van der Waals surface area contributed by atoms with E-state index < -0.39 is 11.7 Å². The van der Waals surface area contributed by atoms with Gasteiger partial charge >= 0.3 is 6.18 Å². The zero-order valence-electron chi connectivity index (χ0n) is 10.9. The van der Waals surface area contributed by atoms with Crippen molar-refractivity contribution in [2.24, 2.45) is 0 Å². The molecule has 0 fully saturated rings. The Balaban J connectivity index is 2.22. The average molecular weight is 278 g/mol. The predicted molar refractivity (Wildman–Crippen MR) is 70.8 cm³/mol. The van der Waals surface area contributed by atoms with Crippen LogP contribution in [0.3, 0.4) is 0 Å². The third-order valence-corrected chi connectivity index (χ3v) is 3.44. The first-order chi connectivity index (χ1) is 9.45. The molecule has 1 aliphatic heterocycles. The van der Waals surface area contributed by atoms with E-state index in [1.165, 1.54) is 12.1 Å². The zero-order valence-corrected chi connectivity index (χ0v) is 10.9. The van der Waals surface area contributed by atoms with Gasteiger partial charge in [-0.05, 0) is 30.2 Å². The Morgan fingerprint density at radius 2 is 1.90 bits per heavy atom. The molecule has 4 heteroatoms. The molecule has 0 aromatic heterocycles. The van der Waals surface area contributed by atoms with Crippen LogP contribution in [0.4, 0.5) is 13.2 Å². The molecular weight excluding hydrogens is 265 g/mol. The minimum atomic E-state index is -4.34. The lowest BCUT2D eigenvalue weighted by atomic mass is 9.97. The van der Waals surface area contributed by atoms with Gasteiger partial charge in [0, 0.05) is 12.0 Å². The summed E-state index contributed by atoms with van der Waals surface area (Å²) in [4.78, 5) is 0.